The van der Waals surface area contributed by atoms with Crippen molar-refractivity contribution < 1.29 is 19.0 Å². The number of amides is 1. The minimum absolute atomic E-state index is 0.0584. The highest BCUT2D eigenvalue weighted by Gasteiger charge is 2.28. The van der Waals surface area contributed by atoms with Gasteiger partial charge in [0, 0.05) is 68.7 Å². The van der Waals surface area contributed by atoms with Gasteiger partial charge in [0.25, 0.3) is 0 Å². The summed E-state index contributed by atoms with van der Waals surface area (Å²) in [5.74, 6) is 2.56. The molecule has 0 spiro atoms. The normalized spacial score (nSPS) is 16.0. The number of piperazine rings is 1. The largest absolute Gasteiger partial charge is 0.497 e. The van der Waals surface area contributed by atoms with Crippen LogP contribution < -0.4 is 14.2 Å². The van der Waals surface area contributed by atoms with Crippen molar-refractivity contribution in [2.75, 3.05) is 40.1 Å². The average molecular weight is 526 g/mol. The lowest BCUT2D eigenvalue weighted by Crippen LogP contribution is -2.48. The van der Waals surface area contributed by atoms with E-state index in [-0.39, 0.29) is 18.6 Å². The first-order valence-electron chi connectivity index (χ1n) is 13.7. The fourth-order valence-electron chi connectivity index (χ4n) is 5.84. The van der Waals surface area contributed by atoms with Crippen molar-refractivity contribution in [1.82, 2.24) is 14.4 Å². The van der Waals surface area contributed by atoms with E-state index >= 15 is 0 Å². The number of carbonyl (C=O) groups is 1. The van der Waals surface area contributed by atoms with Crippen molar-refractivity contribution in [3.05, 3.63) is 89.6 Å². The quantitative estimate of drug-likeness (QED) is 0.314. The molecule has 0 aliphatic carbocycles. The molecule has 202 valence electrons. The second-order valence-electron chi connectivity index (χ2n) is 10.3. The van der Waals surface area contributed by atoms with Crippen LogP contribution >= 0.6 is 0 Å². The Labute approximate surface area is 229 Å². The lowest BCUT2D eigenvalue weighted by atomic mass is 9.87. The van der Waals surface area contributed by atoms with Gasteiger partial charge in [-0.1, -0.05) is 36.4 Å². The summed E-state index contributed by atoms with van der Waals surface area (Å²) in [5, 5.41) is 1.20. The van der Waals surface area contributed by atoms with Crippen molar-refractivity contribution in [2.45, 2.75) is 32.4 Å². The van der Waals surface area contributed by atoms with E-state index < -0.39 is 0 Å². The van der Waals surface area contributed by atoms with E-state index in [9.17, 15) is 4.79 Å². The predicted octanol–water partition coefficient (Wildman–Crippen LogP) is 5.26. The molecule has 2 aliphatic heterocycles. The highest BCUT2D eigenvalue weighted by Crippen LogP contribution is 2.37. The van der Waals surface area contributed by atoms with Crippen LogP contribution in [0, 0.1) is 0 Å². The lowest BCUT2D eigenvalue weighted by Gasteiger charge is -2.35. The van der Waals surface area contributed by atoms with Gasteiger partial charge in [0.2, 0.25) is 12.7 Å². The number of benzene rings is 3. The van der Waals surface area contributed by atoms with Crippen molar-refractivity contribution in [1.29, 1.82) is 0 Å². The Morgan fingerprint density at radius 1 is 0.949 bits per heavy atom. The standard InChI is InChI=1S/C32H35N3O4/c1-3-34-21-28(26-9-4-5-10-29(26)34)27(24-7-6-8-25(18-24)37-2)19-32(36)35-15-13-33(14-16-35)20-23-11-12-30-31(17-23)39-22-38-30/h4-12,17-18,21,27H,3,13-16,19-20,22H2,1-2H3. The smallest absolute Gasteiger partial charge is 0.231 e. The van der Waals surface area contributed by atoms with Crippen LogP contribution in [0.5, 0.6) is 17.2 Å². The van der Waals surface area contributed by atoms with Gasteiger partial charge in [-0.15, -0.1) is 0 Å². The molecule has 39 heavy (non-hydrogen) atoms. The molecule has 4 aromatic rings. The Balaban J connectivity index is 1.19. The Morgan fingerprint density at radius 2 is 1.77 bits per heavy atom. The van der Waals surface area contributed by atoms with Crippen molar-refractivity contribution >= 4 is 16.8 Å². The van der Waals surface area contributed by atoms with E-state index in [1.165, 1.54) is 22.0 Å². The summed E-state index contributed by atoms with van der Waals surface area (Å²) in [5.41, 5.74) is 4.69. The number of para-hydroxylation sites is 1. The van der Waals surface area contributed by atoms with Crippen LogP contribution in [0.25, 0.3) is 10.9 Å². The van der Waals surface area contributed by atoms with Crippen LogP contribution in [0.15, 0.2) is 72.9 Å². The number of rotatable bonds is 8. The van der Waals surface area contributed by atoms with Gasteiger partial charge in [-0.3, -0.25) is 9.69 Å². The molecule has 0 saturated carbocycles. The molecule has 1 aromatic heterocycles. The molecule has 2 aliphatic rings. The fraction of sp³-hybridized carbons (Fsp3) is 0.344. The molecule has 0 N–H and O–H groups in total. The maximum Gasteiger partial charge on any atom is 0.231 e. The molecule has 0 bridgehead atoms. The van der Waals surface area contributed by atoms with E-state index in [1.54, 1.807) is 7.11 Å². The minimum atomic E-state index is -0.0584. The third kappa shape index (κ3) is 5.19. The Kier molecular flexibility index (Phi) is 7.16. The van der Waals surface area contributed by atoms with Crippen molar-refractivity contribution in [3.8, 4) is 17.2 Å². The summed E-state index contributed by atoms with van der Waals surface area (Å²) in [6.07, 6.45) is 2.65. The summed E-state index contributed by atoms with van der Waals surface area (Å²) < 4.78 is 18.8. The zero-order valence-electron chi connectivity index (χ0n) is 22.6. The number of fused-ring (bicyclic) bond motifs is 2. The van der Waals surface area contributed by atoms with Crippen LogP contribution in [0.2, 0.25) is 0 Å². The maximum atomic E-state index is 13.8. The SMILES string of the molecule is CCn1cc(C(CC(=O)N2CCN(Cc3ccc4c(c3)OCO4)CC2)c2cccc(OC)c2)c2ccccc21. The molecule has 1 amide bonds. The molecular formula is C32H35N3O4. The van der Waals surface area contributed by atoms with Gasteiger partial charge in [-0.05, 0) is 53.9 Å². The van der Waals surface area contributed by atoms with Gasteiger partial charge in [0.15, 0.2) is 11.5 Å². The number of nitrogens with zero attached hydrogens (tertiary/aromatic N) is 3. The van der Waals surface area contributed by atoms with E-state index in [1.807, 2.05) is 23.1 Å². The molecule has 1 unspecified atom stereocenters. The van der Waals surface area contributed by atoms with E-state index in [0.717, 1.165) is 62.1 Å². The molecule has 3 aromatic carbocycles. The summed E-state index contributed by atoms with van der Waals surface area (Å²) in [6, 6.07) is 22.8. The van der Waals surface area contributed by atoms with Crippen molar-refractivity contribution in [2.24, 2.45) is 0 Å². The van der Waals surface area contributed by atoms with Crippen LogP contribution in [0.3, 0.4) is 0 Å². The fourth-order valence-corrected chi connectivity index (χ4v) is 5.84. The summed E-state index contributed by atoms with van der Waals surface area (Å²) in [7, 11) is 1.69. The molecule has 7 heteroatoms. The number of methoxy groups -OCH3 is 1. The molecule has 1 saturated heterocycles. The average Bonchev–Trinajstić information content (AvgIpc) is 3.60. The summed E-state index contributed by atoms with van der Waals surface area (Å²) in [6.45, 7) is 7.31. The number of ether oxygens (including phenoxy) is 3. The second-order valence-corrected chi connectivity index (χ2v) is 10.3. The number of hydrogen-bond donors (Lipinski definition) is 0. The van der Waals surface area contributed by atoms with E-state index in [2.05, 4.69) is 71.1 Å². The van der Waals surface area contributed by atoms with Crippen LogP contribution in [0.4, 0.5) is 0 Å². The first-order chi connectivity index (χ1) is 19.1. The highest BCUT2D eigenvalue weighted by atomic mass is 16.7. The molecular weight excluding hydrogens is 490 g/mol. The van der Waals surface area contributed by atoms with Crippen LogP contribution in [-0.4, -0.2) is 60.4 Å². The minimum Gasteiger partial charge on any atom is -0.497 e. The first kappa shape index (κ1) is 25.3. The molecule has 1 atom stereocenters. The predicted molar refractivity (Wildman–Crippen MR) is 151 cm³/mol. The summed E-state index contributed by atoms with van der Waals surface area (Å²) >= 11 is 0. The van der Waals surface area contributed by atoms with Gasteiger partial charge < -0.3 is 23.7 Å². The maximum absolute atomic E-state index is 13.8. The third-order valence-corrected chi connectivity index (χ3v) is 7.98. The van der Waals surface area contributed by atoms with E-state index in [0.29, 0.717) is 6.42 Å². The van der Waals surface area contributed by atoms with Gasteiger partial charge >= 0.3 is 0 Å². The van der Waals surface area contributed by atoms with Crippen molar-refractivity contribution in [3.63, 3.8) is 0 Å². The number of aromatic nitrogens is 1. The van der Waals surface area contributed by atoms with Gasteiger partial charge in [0.1, 0.15) is 5.75 Å². The lowest BCUT2D eigenvalue weighted by molar-refractivity contribution is -0.133. The highest BCUT2D eigenvalue weighted by molar-refractivity contribution is 5.86. The molecule has 3 heterocycles. The second kappa shape index (κ2) is 11.0. The van der Waals surface area contributed by atoms with Gasteiger partial charge in [-0.25, -0.2) is 0 Å². The van der Waals surface area contributed by atoms with E-state index in [4.69, 9.17) is 14.2 Å². The van der Waals surface area contributed by atoms with Crippen LogP contribution in [0.1, 0.15) is 36.0 Å². The van der Waals surface area contributed by atoms with Crippen LogP contribution in [-0.2, 0) is 17.9 Å². The summed E-state index contributed by atoms with van der Waals surface area (Å²) in [4.78, 5) is 18.2. The molecule has 7 nitrogen and oxygen atoms in total. The Hall–Kier alpha value is -3.97. The monoisotopic (exact) mass is 525 g/mol. The topological polar surface area (TPSA) is 56.2 Å². The molecule has 1 fully saturated rings. The Morgan fingerprint density at radius 3 is 2.59 bits per heavy atom. The zero-order chi connectivity index (χ0) is 26.8. The molecule has 6 rings (SSSR count). The van der Waals surface area contributed by atoms with Gasteiger partial charge in [0.05, 0.1) is 7.11 Å². The zero-order valence-corrected chi connectivity index (χ0v) is 22.6. The van der Waals surface area contributed by atoms with Gasteiger partial charge in [-0.2, -0.15) is 0 Å². The first-order valence-corrected chi connectivity index (χ1v) is 13.7. The molecule has 0 radical (unpaired) electrons. The number of aryl methyl sites for hydroxylation is 1. The third-order valence-electron chi connectivity index (χ3n) is 7.98. The number of hydrogen-bond acceptors (Lipinski definition) is 5. The number of carbonyl (C=O) groups excluding carboxylic acids is 1. The Bertz CT molecular complexity index is 1470.